The van der Waals surface area contributed by atoms with E-state index < -0.39 is 6.92 Å². The summed E-state index contributed by atoms with van der Waals surface area (Å²) in [5.41, 5.74) is 0.644. The molecule has 0 radical (unpaired) electrons. The van der Waals surface area contributed by atoms with Crippen molar-refractivity contribution in [1.29, 1.82) is 5.26 Å². The molecule has 0 aliphatic carbocycles. The van der Waals surface area contributed by atoms with Gasteiger partial charge in [0.25, 0.3) is 0 Å². The van der Waals surface area contributed by atoms with Crippen molar-refractivity contribution < 1.29 is 16.0 Å². The largest absolute Gasteiger partial charge is 0.445 e. The van der Waals surface area contributed by atoms with Crippen LogP contribution in [-0.4, -0.2) is 22.9 Å². The van der Waals surface area contributed by atoms with Crippen LogP contribution in [0.3, 0.4) is 0 Å². The lowest BCUT2D eigenvalue weighted by Crippen LogP contribution is -2.27. The Morgan fingerprint density at radius 2 is 1.67 bits per heavy atom. The third-order valence-electron chi connectivity index (χ3n) is 1.24. The van der Waals surface area contributed by atoms with Gasteiger partial charge in [0.15, 0.2) is 0 Å². The average molecular weight is 167 g/mol. The van der Waals surface area contributed by atoms with Gasteiger partial charge >= 0.3 is 6.92 Å². The van der Waals surface area contributed by atoms with Crippen molar-refractivity contribution in [3.8, 4) is 5.97 Å². The highest BCUT2D eigenvalue weighted by molar-refractivity contribution is 6.73. The van der Waals surface area contributed by atoms with E-state index in [9.17, 15) is 0 Å². The molecular weight excluding hydrogens is 157 g/mol. The molecule has 1 aromatic carbocycles. The Bertz CT molecular complexity index is 247. The number of hydrogen-bond acceptors (Lipinski definition) is 2. The van der Waals surface area contributed by atoms with E-state index in [1.54, 1.807) is 30.2 Å². The summed E-state index contributed by atoms with van der Waals surface area (Å²) in [6, 6.07) is 8.85. The van der Waals surface area contributed by atoms with Crippen LogP contribution < -0.4 is 5.46 Å². The highest BCUT2D eigenvalue weighted by Gasteiger charge is 2.10. The van der Waals surface area contributed by atoms with E-state index in [1.807, 2.05) is 6.07 Å². The van der Waals surface area contributed by atoms with Crippen LogP contribution in [0, 0.1) is 11.2 Å². The maximum atomic E-state index is 8.97. The molecule has 0 fully saturated rings. The molecule has 0 aliphatic heterocycles. The summed E-state index contributed by atoms with van der Waals surface area (Å²) in [5.74, 6) is 1.74. The summed E-state index contributed by atoms with van der Waals surface area (Å²) in [7, 11) is 0. The second kappa shape index (κ2) is 6.37. The molecule has 0 aliphatic rings. The van der Waals surface area contributed by atoms with Crippen molar-refractivity contribution in [2.45, 2.75) is 0 Å². The van der Waals surface area contributed by atoms with E-state index in [2.05, 4.69) is 0 Å². The first-order chi connectivity index (χ1) is 4.84. The van der Waals surface area contributed by atoms with Crippen LogP contribution in [0.15, 0.2) is 30.3 Å². The maximum Gasteiger partial charge on any atom is 0.445 e. The number of nitrogens with zero attached hydrogens (tertiary/aromatic N) is 1. The number of nitriles is 1. The van der Waals surface area contributed by atoms with Gasteiger partial charge in [-0.2, -0.15) is 0 Å². The molecule has 0 heterocycles. The van der Waals surface area contributed by atoms with Crippen molar-refractivity contribution in [2.75, 3.05) is 0 Å². The number of rotatable bonds is 1. The van der Waals surface area contributed by atoms with Gasteiger partial charge in [0, 0.05) is 5.97 Å². The highest BCUT2D eigenvalue weighted by Crippen LogP contribution is 1.83. The fourth-order valence-electron chi connectivity index (χ4n) is 0.710. The van der Waals surface area contributed by atoms with E-state index in [0.717, 1.165) is 0 Å². The van der Waals surface area contributed by atoms with Crippen molar-refractivity contribution in [3.63, 3.8) is 0 Å². The Kier molecular flexibility index (Phi) is 7.04. The van der Waals surface area contributed by atoms with Crippen molar-refractivity contribution in [1.82, 2.24) is 0 Å². The van der Waals surface area contributed by atoms with Crippen LogP contribution in [0.2, 0.25) is 0 Å². The van der Waals surface area contributed by atoms with E-state index in [4.69, 9.17) is 10.3 Å². The molecule has 0 spiro atoms. The Hall–Kier alpha value is -1.35. The minimum absolute atomic E-state index is 0. The number of hydrogen-bond donors (Lipinski definition) is 1. The Balaban J connectivity index is 0. The predicted octanol–water partition coefficient (Wildman–Crippen LogP) is -1.71. The standard InChI is InChI=1S/C7H6BNO.2H2O/c9-6-8(10)7-4-2-1-3-5-7;;/h1-5,10H;2*1H2. The van der Waals surface area contributed by atoms with Crippen LogP contribution in [0.25, 0.3) is 0 Å². The molecule has 0 aromatic heterocycles. The molecule has 0 atom stereocenters. The second-order valence-corrected chi connectivity index (χ2v) is 1.94. The van der Waals surface area contributed by atoms with Gasteiger partial charge in [-0.05, 0) is 5.46 Å². The van der Waals surface area contributed by atoms with E-state index >= 15 is 0 Å². The predicted molar refractivity (Wildman–Crippen MR) is 46.9 cm³/mol. The molecule has 4 nitrogen and oxygen atoms in total. The van der Waals surface area contributed by atoms with Crippen LogP contribution in [0.4, 0.5) is 0 Å². The van der Waals surface area contributed by atoms with Gasteiger partial charge in [-0.1, -0.05) is 30.3 Å². The minimum Gasteiger partial charge on any atom is -0.435 e. The topological polar surface area (TPSA) is 107 Å². The quantitative estimate of drug-likeness (QED) is 0.502. The Labute approximate surface area is 70.8 Å². The van der Waals surface area contributed by atoms with Gasteiger partial charge in [0.2, 0.25) is 0 Å². The van der Waals surface area contributed by atoms with Gasteiger partial charge in [-0.15, -0.1) is 0 Å². The highest BCUT2D eigenvalue weighted by atomic mass is 16.2. The molecular formula is C7H10BNO3. The summed E-state index contributed by atoms with van der Waals surface area (Å²) >= 11 is 0. The summed E-state index contributed by atoms with van der Waals surface area (Å²) < 4.78 is 0. The van der Waals surface area contributed by atoms with E-state index in [-0.39, 0.29) is 11.0 Å². The molecule has 12 heavy (non-hydrogen) atoms. The van der Waals surface area contributed by atoms with Gasteiger partial charge in [-0.3, -0.25) is 0 Å². The normalized spacial score (nSPS) is 7.00. The van der Waals surface area contributed by atoms with Crippen LogP contribution in [0.1, 0.15) is 0 Å². The maximum absolute atomic E-state index is 8.97. The second-order valence-electron chi connectivity index (χ2n) is 1.94. The molecule has 5 N–H and O–H groups in total. The van der Waals surface area contributed by atoms with Gasteiger partial charge < -0.3 is 16.0 Å². The van der Waals surface area contributed by atoms with Gasteiger partial charge in [0.1, 0.15) is 0 Å². The Morgan fingerprint density at radius 3 is 2.08 bits per heavy atom. The molecule has 1 rings (SSSR count). The third kappa shape index (κ3) is 3.17. The van der Waals surface area contributed by atoms with Crippen molar-refractivity contribution >= 4 is 12.4 Å². The first-order valence-electron chi connectivity index (χ1n) is 2.97. The first-order valence-corrected chi connectivity index (χ1v) is 2.97. The zero-order chi connectivity index (χ0) is 7.40. The SMILES string of the molecule is N#CB(O)c1ccccc1.O.O. The molecule has 64 valence electrons. The molecule has 0 unspecified atom stereocenters. The lowest BCUT2D eigenvalue weighted by molar-refractivity contribution is 0.600. The zero-order valence-electron chi connectivity index (χ0n) is 6.36. The van der Waals surface area contributed by atoms with Crippen LogP contribution in [0.5, 0.6) is 0 Å². The molecule has 0 saturated heterocycles. The Morgan fingerprint density at radius 1 is 1.17 bits per heavy atom. The lowest BCUT2D eigenvalue weighted by Gasteiger charge is -1.93. The van der Waals surface area contributed by atoms with Crippen LogP contribution >= 0.6 is 0 Å². The fourth-order valence-corrected chi connectivity index (χ4v) is 0.710. The average Bonchev–Trinajstić information content (AvgIpc) is 2.05. The van der Waals surface area contributed by atoms with Crippen molar-refractivity contribution in [2.24, 2.45) is 0 Å². The summed E-state index contributed by atoms with van der Waals surface area (Å²) in [6.07, 6.45) is 0. The molecule has 0 saturated carbocycles. The van der Waals surface area contributed by atoms with Crippen LogP contribution in [-0.2, 0) is 0 Å². The first kappa shape index (κ1) is 13.3. The van der Waals surface area contributed by atoms with Gasteiger partial charge in [0.05, 0.1) is 0 Å². The molecule has 5 heteroatoms. The minimum atomic E-state index is -0.985. The van der Waals surface area contributed by atoms with E-state index in [0.29, 0.717) is 5.46 Å². The summed E-state index contributed by atoms with van der Waals surface area (Å²) in [5, 5.41) is 17.3. The summed E-state index contributed by atoms with van der Waals surface area (Å²) in [6.45, 7) is -0.985. The zero-order valence-corrected chi connectivity index (χ0v) is 6.36. The molecule has 0 amide bonds. The van der Waals surface area contributed by atoms with Crippen molar-refractivity contribution in [3.05, 3.63) is 30.3 Å². The molecule has 0 bridgehead atoms. The smallest absolute Gasteiger partial charge is 0.435 e. The monoisotopic (exact) mass is 167 g/mol. The lowest BCUT2D eigenvalue weighted by atomic mass is 9.64. The fraction of sp³-hybridized carbons (Fsp3) is 0. The molecule has 1 aromatic rings. The third-order valence-corrected chi connectivity index (χ3v) is 1.24. The summed E-state index contributed by atoms with van der Waals surface area (Å²) in [4.78, 5) is 0. The van der Waals surface area contributed by atoms with E-state index in [1.165, 1.54) is 0 Å². The number of benzene rings is 1. The van der Waals surface area contributed by atoms with Gasteiger partial charge in [-0.25, -0.2) is 5.26 Å².